The van der Waals surface area contributed by atoms with E-state index in [2.05, 4.69) is 15.4 Å². The smallest absolute Gasteiger partial charge is 0.266 e. The predicted molar refractivity (Wildman–Crippen MR) is 74.0 cm³/mol. The number of fused-ring (bicyclic) bond motifs is 1. The van der Waals surface area contributed by atoms with Crippen LogP contribution in [-0.2, 0) is 4.74 Å². The molecule has 0 saturated carbocycles. The van der Waals surface area contributed by atoms with Crippen LogP contribution in [0, 0.1) is 6.92 Å². The standard InChI is InChI=1S/C13H18N4O3/c1-8-9(12(19)15-13(2,3)7-20-4)6-14-10-5-11(18)16-17(8)10/h5-6H,7H2,1-4H3,(H,15,19)(H,16,18). The molecule has 2 aromatic rings. The van der Waals surface area contributed by atoms with Gasteiger partial charge in [0.1, 0.15) is 0 Å². The number of rotatable bonds is 4. The minimum atomic E-state index is -0.489. The van der Waals surface area contributed by atoms with Crippen molar-refractivity contribution < 1.29 is 9.53 Å². The molecule has 0 unspecified atom stereocenters. The molecule has 2 aromatic heterocycles. The highest BCUT2D eigenvalue weighted by molar-refractivity contribution is 5.95. The summed E-state index contributed by atoms with van der Waals surface area (Å²) in [7, 11) is 1.58. The zero-order valence-corrected chi connectivity index (χ0v) is 12.0. The van der Waals surface area contributed by atoms with Crippen LogP contribution in [-0.4, -0.2) is 39.8 Å². The second-order valence-corrected chi connectivity index (χ2v) is 5.34. The molecule has 0 spiro atoms. The van der Waals surface area contributed by atoms with Gasteiger partial charge in [-0.3, -0.25) is 14.7 Å². The average molecular weight is 278 g/mol. The molecule has 20 heavy (non-hydrogen) atoms. The van der Waals surface area contributed by atoms with Crippen LogP contribution < -0.4 is 10.9 Å². The number of aromatic nitrogens is 3. The lowest BCUT2D eigenvalue weighted by Gasteiger charge is -2.25. The van der Waals surface area contributed by atoms with Gasteiger partial charge in [0, 0.05) is 19.4 Å². The van der Waals surface area contributed by atoms with Crippen LogP contribution in [0.5, 0.6) is 0 Å². The number of methoxy groups -OCH3 is 1. The lowest BCUT2D eigenvalue weighted by molar-refractivity contribution is 0.0818. The molecule has 0 fully saturated rings. The Balaban J connectivity index is 2.35. The van der Waals surface area contributed by atoms with Crippen molar-refractivity contribution >= 4 is 11.6 Å². The summed E-state index contributed by atoms with van der Waals surface area (Å²) in [6.45, 7) is 5.89. The van der Waals surface area contributed by atoms with Crippen molar-refractivity contribution in [3.8, 4) is 0 Å². The Kier molecular flexibility index (Phi) is 3.63. The fraction of sp³-hybridized carbons (Fsp3) is 0.462. The SMILES string of the molecule is COCC(C)(C)NC(=O)c1cnc2cc(=O)[nH]n2c1C. The number of aromatic amines is 1. The van der Waals surface area contributed by atoms with Gasteiger partial charge in [0.2, 0.25) is 0 Å². The third-order valence-corrected chi connectivity index (χ3v) is 2.96. The van der Waals surface area contributed by atoms with E-state index in [4.69, 9.17) is 4.74 Å². The maximum absolute atomic E-state index is 12.3. The molecule has 0 aromatic carbocycles. The van der Waals surface area contributed by atoms with Crippen LogP contribution in [0.2, 0.25) is 0 Å². The first kappa shape index (κ1) is 14.3. The zero-order valence-electron chi connectivity index (χ0n) is 12.0. The molecule has 0 atom stereocenters. The summed E-state index contributed by atoms with van der Waals surface area (Å²) in [6.07, 6.45) is 1.47. The molecule has 2 heterocycles. The maximum atomic E-state index is 12.3. The number of carbonyl (C=O) groups is 1. The summed E-state index contributed by atoms with van der Waals surface area (Å²) in [6, 6.07) is 1.38. The Hall–Kier alpha value is -2.15. The normalized spacial score (nSPS) is 11.8. The summed E-state index contributed by atoms with van der Waals surface area (Å²) in [5.41, 5.74) is 0.784. The molecule has 0 aliphatic rings. The number of amides is 1. The monoisotopic (exact) mass is 278 g/mol. The Bertz CT molecular complexity index is 699. The van der Waals surface area contributed by atoms with Crippen molar-refractivity contribution in [1.82, 2.24) is 19.9 Å². The molecule has 0 saturated heterocycles. The predicted octanol–water partition coefficient (Wildman–Crippen LogP) is 0.486. The minimum Gasteiger partial charge on any atom is -0.382 e. The molecule has 7 nitrogen and oxygen atoms in total. The van der Waals surface area contributed by atoms with E-state index in [9.17, 15) is 9.59 Å². The van der Waals surface area contributed by atoms with E-state index < -0.39 is 5.54 Å². The van der Waals surface area contributed by atoms with Gasteiger partial charge in [-0.1, -0.05) is 0 Å². The molecule has 108 valence electrons. The first-order valence-electron chi connectivity index (χ1n) is 6.23. The summed E-state index contributed by atoms with van der Waals surface area (Å²) in [5.74, 6) is -0.256. The zero-order chi connectivity index (χ0) is 14.9. The highest BCUT2D eigenvalue weighted by Gasteiger charge is 2.23. The molecule has 1 amide bonds. The first-order chi connectivity index (χ1) is 9.34. The number of H-pyrrole nitrogens is 1. The topological polar surface area (TPSA) is 88.5 Å². The minimum absolute atomic E-state index is 0.252. The third-order valence-electron chi connectivity index (χ3n) is 2.96. The van der Waals surface area contributed by atoms with Crippen LogP contribution in [0.1, 0.15) is 29.9 Å². The van der Waals surface area contributed by atoms with Gasteiger partial charge in [-0.2, -0.15) is 0 Å². The van der Waals surface area contributed by atoms with E-state index >= 15 is 0 Å². The van der Waals surface area contributed by atoms with Crippen LogP contribution >= 0.6 is 0 Å². The largest absolute Gasteiger partial charge is 0.382 e. The average Bonchev–Trinajstić information content (AvgIpc) is 2.70. The number of carbonyl (C=O) groups excluding carboxylic acids is 1. The molecule has 0 bridgehead atoms. The lowest BCUT2D eigenvalue weighted by atomic mass is 10.1. The Morgan fingerprint density at radius 1 is 1.55 bits per heavy atom. The lowest BCUT2D eigenvalue weighted by Crippen LogP contribution is -2.47. The summed E-state index contributed by atoms with van der Waals surface area (Å²) in [5, 5.41) is 5.48. The van der Waals surface area contributed by atoms with Gasteiger partial charge >= 0.3 is 0 Å². The Morgan fingerprint density at radius 2 is 2.25 bits per heavy atom. The van der Waals surface area contributed by atoms with Crippen molar-refractivity contribution in [2.45, 2.75) is 26.3 Å². The molecule has 2 N–H and O–H groups in total. The van der Waals surface area contributed by atoms with E-state index in [1.165, 1.54) is 16.8 Å². The maximum Gasteiger partial charge on any atom is 0.266 e. The van der Waals surface area contributed by atoms with Gasteiger partial charge in [0.05, 0.1) is 23.4 Å². The highest BCUT2D eigenvalue weighted by Crippen LogP contribution is 2.10. The van der Waals surface area contributed by atoms with Crippen LogP contribution in [0.3, 0.4) is 0 Å². The number of hydrogen-bond donors (Lipinski definition) is 2. The molecular formula is C13H18N4O3. The number of hydrogen-bond acceptors (Lipinski definition) is 4. The van der Waals surface area contributed by atoms with Crippen molar-refractivity contribution in [2.75, 3.05) is 13.7 Å². The quantitative estimate of drug-likeness (QED) is 0.851. The van der Waals surface area contributed by atoms with Crippen molar-refractivity contribution in [3.05, 3.63) is 33.9 Å². The molecule has 0 aliphatic carbocycles. The van der Waals surface area contributed by atoms with Gasteiger partial charge in [0.15, 0.2) is 5.65 Å². The Morgan fingerprint density at radius 3 is 2.90 bits per heavy atom. The first-order valence-corrected chi connectivity index (χ1v) is 6.23. The number of ether oxygens (including phenoxy) is 1. The van der Waals surface area contributed by atoms with E-state index in [1.54, 1.807) is 14.0 Å². The van der Waals surface area contributed by atoms with Gasteiger partial charge in [-0.05, 0) is 20.8 Å². The summed E-state index contributed by atoms with van der Waals surface area (Å²) in [4.78, 5) is 27.7. The van der Waals surface area contributed by atoms with Crippen molar-refractivity contribution in [2.24, 2.45) is 0 Å². The Labute approximate surface area is 115 Å². The second kappa shape index (κ2) is 5.09. The molecule has 0 aliphatic heterocycles. The van der Waals surface area contributed by atoms with Gasteiger partial charge in [-0.25, -0.2) is 9.50 Å². The molecule has 0 radical (unpaired) electrons. The fourth-order valence-corrected chi connectivity index (χ4v) is 2.07. The van der Waals surface area contributed by atoms with Gasteiger partial charge < -0.3 is 10.1 Å². The summed E-state index contributed by atoms with van der Waals surface area (Å²) < 4.78 is 6.56. The van der Waals surface area contributed by atoms with Crippen LogP contribution in [0.15, 0.2) is 17.1 Å². The second-order valence-electron chi connectivity index (χ2n) is 5.34. The molecular weight excluding hydrogens is 260 g/mol. The van der Waals surface area contributed by atoms with Crippen LogP contribution in [0.25, 0.3) is 5.65 Å². The fourth-order valence-electron chi connectivity index (χ4n) is 2.07. The van der Waals surface area contributed by atoms with Gasteiger partial charge in [0.25, 0.3) is 11.5 Å². The summed E-state index contributed by atoms with van der Waals surface area (Å²) >= 11 is 0. The van der Waals surface area contributed by atoms with E-state index in [-0.39, 0.29) is 11.5 Å². The van der Waals surface area contributed by atoms with Gasteiger partial charge in [-0.15, -0.1) is 0 Å². The number of nitrogens with zero attached hydrogens (tertiary/aromatic N) is 2. The molecule has 7 heteroatoms. The van der Waals surface area contributed by atoms with E-state index in [1.807, 2.05) is 13.8 Å². The number of nitrogens with one attached hydrogen (secondary N) is 2. The van der Waals surface area contributed by atoms with Crippen molar-refractivity contribution in [3.63, 3.8) is 0 Å². The molecule has 2 rings (SSSR count). The van der Waals surface area contributed by atoms with Crippen molar-refractivity contribution in [1.29, 1.82) is 0 Å². The number of aryl methyl sites for hydroxylation is 1. The van der Waals surface area contributed by atoms with E-state index in [0.29, 0.717) is 23.5 Å². The van der Waals surface area contributed by atoms with E-state index in [0.717, 1.165) is 0 Å². The third kappa shape index (κ3) is 2.72. The van der Waals surface area contributed by atoms with Crippen LogP contribution in [0.4, 0.5) is 0 Å². The highest BCUT2D eigenvalue weighted by atomic mass is 16.5.